The van der Waals surface area contributed by atoms with Crippen molar-refractivity contribution in [3.05, 3.63) is 54.2 Å². The fourth-order valence-electron chi connectivity index (χ4n) is 4.06. The number of benzene rings is 1. The summed E-state index contributed by atoms with van der Waals surface area (Å²) in [5.41, 5.74) is 1.41. The molecule has 0 saturated carbocycles. The van der Waals surface area contributed by atoms with Crippen LogP contribution in [0.3, 0.4) is 0 Å². The van der Waals surface area contributed by atoms with Crippen LogP contribution >= 0.6 is 0 Å². The third-order valence-corrected chi connectivity index (χ3v) is 7.79. The fraction of sp³-hybridized carbons (Fsp3) is 0.476. The molecule has 0 unspecified atom stereocenters. The van der Waals surface area contributed by atoms with E-state index in [2.05, 4.69) is 45.1 Å². The first-order chi connectivity index (χ1) is 13.5. The lowest BCUT2D eigenvalue weighted by Gasteiger charge is -2.33. The molecule has 150 valence electrons. The summed E-state index contributed by atoms with van der Waals surface area (Å²) >= 11 is 0. The van der Waals surface area contributed by atoms with Crippen LogP contribution in [0.1, 0.15) is 24.3 Å². The van der Waals surface area contributed by atoms with E-state index < -0.39 is 10.0 Å². The normalized spacial score (nSPS) is 20.4. The number of nitrogens with zero attached hydrogens (tertiary/aromatic N) is 4. The zero-order valence-corrected chi connectivity index (χ0v) is 17.2. The molecule has 0 atom stereocenters. The number of piperidine rings is 1. The Kier molecular flexibility index (Phi) is 5.66. The smallest absolute Gasteiger partial charge is 0.244 e. The number of aromatic nitrogens is 1. The van der Waals surface area contributed by atoms with Crippen LogP contribution in [-0.2, 0) is 10.0 Å². The number of sulfonamides is 1. The van der Waals surface area contributed by atoms with Gasteiger partial charge in [0.1, 0.15) is 10.7 Å². The van der Waals surface area contributed by atoms with Gasteiger partial charge in [-0.25, -0.2) is 13.4 Å². The Balaban J connectivity index is 1.40. The van der Waals surface area contributed by atoms with E-state index >= 15 is 0 Å². The van der Waals surface area contributed by atoms with Crippen molar-refractivity contribution in [2.24, 2.45) is 0 Å². The molecule has 0 N–H and O–H groups in total. The highest BCUT2D eigenvalue weighted by Gasteiger charge is 2.28. The van der Waals surface area contributed by atoms with Gasteiger partial charge in [0, 0.05) is 45.5 Å². The number of piperazine rings is 1. The summed E-state index contributed by atoms with van der Waals surface area (Å²) < 4.78 is 27.2. The maximum atomic E-state index is 12.8. The molecule has 28 heavy (non-hydrogen) atoms. The summed E-state index contributed by atoms with van der Waals surface area (Å²) in [6.07, 6.45) is 3.70. The molecule has 0 aliphatic carbocycles. The molecule has 1 aromatic carbocycles. The van der Waals surface area contributed by atoms with E-state index in [1.54, 1.807) is 10.4 Å². The van der Waals surface area contributed by atoms with E-state index in [0.717, 1.165) is 44.8 Å². The Labute approximate surface area is 167 Å². The molecule has 0 amide bonds. The second kappa shape index (κ2) is 8.19. The van der Waals surface area contributed by atoms with E-state index in [1.807, 2.05) is 13.1 Å². The average molecular weight is 401 g/mol. The Morgan fingerprint density at radius 3 is 2.18 bits per heavy atom. The summed E-state index contributed by atoms with van der Waals surface area (Å²) in [5.74, 6) is 1.46. The topological polar surface area (TPSA) is 56.8 Å². The number of pyridine rings is 1. The van der Waals surface area contributed by atoms with Crippen LogP contribution in [0.15, 0.2) is 53.6 Å². The SMILES string of the molecule is CN1CCN(S(=O)(=O)c2ccc(N3CCC(c4ccccc4)CC3)nc2)CC1. The van der Waals surface area contributed by atoms with Gasteiger partial charge >= 0.3 is 0 Å². The van der Waals surface area contributed by atoms with Crippen LogP contribution < -0.4 is 4.90 Å². The van der Waals surface area contributed by atoms with Crippen molar-refractivity contribution in [3.63, 3.8) is 0 Å². The first kappa shape index (κ1) is 19.4. The molecule has 2 aliphatic heterocycles. The van der Waals surface area contributed by atoms with Crippen molar-refractivity contribution in [3.8, 4) is 0 Å². The minimum atomic E-state index is -3.45. The Morgan fingerprint density at radius 2 is 1.57 bits per heavy atom. The molecule has 0 bridgehead atoms. The van der Waals surface area contributed by atoms with Crippen molar-refractivity contribution < 1.29 is 8.42 Å². The molecule has 2 aliphatic rings. The van der Waals surface area contributed by atoms with Gasteiger partial charge in [0.05, 0.1) is 0 Å². The number of anilines is 1. The molecule has 2 saturated heterocycles. The van der Waals surface area contributed by atoms with Gasteiger partial charge in [-0.05, 0) is 43.5 Å². The van der Waals surface area contributed by atoms with Gasteiger partial charge in [-0.15, -0.1) is 0 Å². The van der Waals surface area contributed by atoms with Gasteiger partial charge in [-0.3, -0.25) is 0 Å². The van der Waals surface area contributed by atoms with Crippen molar-refractivity contribution in [2.45, 2.75) is 23.7 Å². The van der Waals surface area contributed by atoms with Gasteiger partial charge in [-0.2, -0.15) is 4.31 Å². The van der Waals surface area contributed by atoms with E-state index in [9.17, 15) is 8.42 Å². The highest BCUT2D eigenvalue weighted by atomic mass is 32.2. The van der Waals surface area contributed by atoms with Crippen molar-refractivity contribution in [1.82, 2.24) is 14.2 Å². The monoisotopic (exact) mass is 400 g/mol. The van der Waals surface area contributed by atoms with Gasteiger partial charge in [-0.1, -0.05) is 30.3 Å². The Bertz CT molecular complexity index is 870. The number of rotatable bonds is 4. The molecular weight excluding hydrogens is 372 g/mol. The van der Waals surface area contributed by atoms with E-state index in [4.69, 9.17) is 0 Å². The predicted octanol–water partition coefficient (Wildman–Crippen LogP) is 2.40. The summed E-state index contributed by atoms with van der Waals surface area (Å²) in [5, 5.41) is 0. The highest BCUT2D eigenvalue weighted by Crippen LogP contribution is 2.30. The molecule has 2 aromatic rings. The van der Waals surface area contributed by atoms with Crippen LogP contribution in [0.4, 0.5) is 5.82 Å². The molecule has 0 radical (unpaired) electrons. The second-order valence-corrected chi connectivity index (χ2v) is 9.67. The van der Waals surface area contributed by atoms with Crippen molar-refractivity contribution in [2.75, 3.05) is 51.2 Å². The summed E-state index contributed by atoms with van der Waals surface area (Å²) in [6.45, 7) is 4.48. The molecule has 7 heteroatoms. The number of hydrogen-bond acceptors (Lipinski definition) is 5. The third kappa shape index (κ3) is 4.06. The summed E-state index contributed by atoms with van der Waals surface area (Å²) in [7, 11) is -1.44. The lowest BCUT2D eigenvalue weighted by atomic mass is 9.89. The van der Waals surface area contributed by atoms with Crippen LogP contribution in [0, 0.1) is 0 Å². The quantitative estimate of drug-likeness (QED) is 0.789. The fourth-order valence-corrected chi connectivity index (χ4v) is 5.42. The number of hydrogen-bond donors (Lipinski definition) is 0. The lowest BCUT2D eigenvalue weighted by molar-refractivity contribution is 0.222. The largest absolute Gasteiger partial charge is 0.357 e. The lowest BCUT2D eigenvalue weighted by Crippen LogP contribution is -2.47. The standard InChI is InChI=1S/C21H28N4O2S/c1-23-13-15-25(16-14-23)28(26,27)20-7-8-21(22-17-20)24-11-9-19(10-12-24)18-5-3-2-4-6-18/h2-8,17,19H,9-16H2,1H3. The van der Waals surface area contributed by atoms with E-state index in [1.165, 1.54) is 11.8 Å². The number of likely N-dealkylation sites (N-methyl/N-ethyl adjacent to an activating group) is 1. The first-order valence-electron chi connectivity index (χ1n) is 9.99. The van der Waals surface area contributed by atoms with Gasteiger partial charge in [0.25, 0.3) is 0 Å². The average Bonchev–Trinajstić information content (AvgIpc) is 2.75. The second-order valence-electron chi connectivity index (χ2n) is 7.73. The molecule has 2 fully saturated rings. The van der Waals surface area contributed by atoms with Crippen LogP contribution in [0.25, 0.3) is 0 Å². The van der Waals surface area contributed by atoms with E-state index in [-0.39, 0.29) is 0 Å². The van der Waals surface area contributed by atoms with Gasteiger partial charge in [0.2, 0.25) is 10.0 Å². The summed E-state index contributed by atoms with van der Waals surface area (Å²) in [4.78, 5) is 9.18. The molecule has 4 rings (SSSR count). The van der Waals surface area contributed by atoms with Gasteiger partial charge < -0.3 is 9.80 Å². The van der Waals surface area contributed by atoms with E-state index in [0.29, 0.717) is 23.9 Å². The highest BCUT2D eigenvalue weighted by molar-refractivity contribution is 7.89. The Hall–Kier alpha value is -1.96. The molecular formula is C21H28N4O2S. The molecule has 3 heterocycles. The van der Waals surface area contributed by atoms with Gasteiger partial charge in [0.15, 0.2) is 0 Å². The summed E-state index contributed by atoms with van der Waals surface area (Å²) in [6, 6.07) is 14.2. The van der Waals surface area contributed by atoms with Crippen molar-refractivity contribution in [1.29, 1.82) is 0 Å². The maximum absolute atomic E-state index is 12.8. The minimum Gasteiger partial charge on any atom is -0.357 e. The molecule has 1 aromatic heterocycles. The maximum Gasteiger partial charge on any atom is 0.244 e. The van der Waals surface area contributed by atoms with Crippen LogP contribution in [0.5, 0.6) is 0 Å². The zero-order valence-electron chi connectivity index (χ0n) is 16.4. The first-order valence-corrected chi connectivity index (χ1v) is 11.4. The Morgan fingerprint density at radius 1 is 0.893 bits per heavy atom. The van der Waals surface area contributed by atoms with Crippen LogP contribution in [-0.4, -0.2) is 68.9 Å². The molecule has 0 spiro atoms. The zero-order chi connectivity index (χ0) is 19.6. The van der Waals surface area contributed by atoms with Crippen molar-refractivity contribution >= 4 is 15.8 Å². The molecule has 6 nitrogen and oxygen atoms in total. The third-order valence-electron chi connectivity index (χ3n) is 5.91. The van der Waals surface area contributed by atoms with Crippen LogP contribution in [0.2, 0.25) is 0 Å². The minimum absolute atomic E-state index is 0.292. The predicted molar refractivity (Wildman–Crippen MR) is 111 cm³/mol.